The number of benzene rings is 1. The summed E-state index contributed by atoms with van der Waals surface area (Å²) in [5.74, 6) is -0.414. The van der Waals surface area contributed by atoms with E-state index in [-0.39, 0.29) is 18.4 Å². The molecule has 11 heteroatoms. The molecule has 0 bridgehead atoms. The smallest absolute Gasteiger partial charge is 0.399 e. The third-order valence-electron chi connectivity index (χ3n) is 5.44. The molecule has 35 heavy (non-hydrogen) atoms. The predicted octanol–water partition coefficient (Wildman–Crippen LogP) is 4.01. The van der Waals surface area contributed by atoms with Gasteiger partial charge in [-0.2, -0.15) is 0 Å². The number of unbranched alkanes of at least 4 members (excludes halogenated alkanes) is 1. The maximum absolute atomic E-state index is 13.1. The minimum atomic E-state index is -0.756. The predicted molar refractivity (Wildman–Crippen MR) is 140 cm³/mol. The third kappa shape index (κ3) is 8.31. The fourth-order valence-corrected chi connectivity index (χ4v) is 4.89. The Hall–Kier alpha value is -2.47. The molecule has 2 heterocycles. The van der Waals surface area contributed by atoms with Crippen LogP contribution in [0.5, 0.6) is 5.06 Å². The van der Waals surface area contributed by atoms with Crippen LogP contribution in [-0.2, 0) is 14.3 Å². The van der Waals surface area contributed by atoms with Gasteiger partial charge in [-0.25, -0.2) is 4.79 Å². The summed E-state index contributed by atoms with van der Waals surface area (Å²) in [4.78, 5) is 41.5. The van der Waals surface area contributed by atoms with Crippen molar-refractivity contribution < 1.29 is 23.9 Å². The van der Waals surface area contributed by atoms with E-state index < -0.39 is 12.1 Å². The van der Waals surface area contributed by atoms with Crippen LogP contribution in [0.4, 0.5) is 16.2 Å². The highest BCUT2D eigenvalue weighted by Gasteiger charge is 2.24. The minimum Gasteiger partial charge on any atom is -0.399 e. The minimum absolute atomic E-state index is 0.0671. The molecule has 1 aliphatic rings. The molecular formula is C24H31BrN4O5S. The molecule has 0 radical (unpaired) electrons. The van der Waals surface area contributed by atoms with Gasteiger partial charge in [-0.3, -0.25) is 9.59 Å². The Morgan fingerprint density at radius 2 is 2.06 bits per heavy atom. The molecule has 2 aromatic rings. The molecule has 3 rings (SSSR count). The van der Waals surface area contributed by atoms with Gasteiger partial charge in [0.05, 0.1) is 10.4 Å². The normalized spacial score (nSPS) is 14.7. The molecule has 0 spiro atoms. The van der Waals surface area contributed by atoms with E-state index in [1.54, 1.807) is 23.1 Å². The number of rotatable bonds is 10. The third-order valence-corrected chi connectivity index (χ3v) is 6.94. The largest absolute Gasteiger partial charge is 0.414 e. The van der Waals surface area contributed by atoms with E-state index in [2.05, 4.69) is 31.5 Å². The Balaban J connectivity index is 1.65. The standard InChI is InChI=1S/C24H31BrN4O5S/c1-16-14-17(7-8-19(16)29-12-13-33-15-21(29)30)26-23(31)18(6-4-5-11-28(2)3)27-24(32)34-22-10-9-20(25)35-22/h7-10,14,18H,4-6,11-13,15H2,1-3H3,(H,26,31)(H,27,32). The summed E-state index contributed by atoms with van der Waals surface area (Å²) in [7, 11) is 3.99. The zero-order valence-electron chi connectivity index (χ0n) is 20.1. The van der Waals surface area contributed by atoms with Gasteiger partial charge < -0.3 is 29.9 Å². The van der Waals surface area contributed by atoms with Crippen LogP contribution in [-0.4, -0.2) is 69.2 Å². The Kier molecular flexibility index (Phi) is 10.1. The van der Waals surface area contributed by atoms with Crippen LogP contribution in [0.2, 0.25) is 0 Å². The van der Waals surface area contributed by atoms with E-state index in [4.69, 9.17) is 9.47 Å². The number of carbonyl (C=O) groups excluding carboxylic acids is 3. The van der Waals surface area contributed by atoms with Crippen molar-refractivity contribution in [3.8, 4) is 5.06 Å². The van der Waals surface area contributed by atoms with Crippen molar-refractivity contribution in [2.45, 2.75) is 32.2 Å². The van der Waals surface area contributed by atoms with Crippen molar-refractivity contribution in [1.29, 1.82) is 0 Å². The topological polar surface area (TPSA) is 100 Å². The van der Waals surface area contributed by atoms with E-state index in [0.29, 0.717) is 30.3 Å². The molecule has 1 atom stereocenters. The Morgan fingerprint density at radius 3 is 2.71 bits per heavy atom. The number of morpholine rings is 1. The lowest BCUT2D eigenvalue weighted by Gasteiger charge is -2.28. The van der Waals surface area contributed by atoms with E-state index in [1.165, 1.54) is 11.3 Å². The highest BCUT2D eigenvalue weighted by molar-refractivity contribution is 9.11. The molecule has 1 unspecified atom stereocenters. The van der Waals surface area contributed by atoms with Crippen LogP contribution in [0, 0.1) is 6.92 Å². The molecule has 9 nitrogen and oxygen atoms in total. The lowest BCUT2D eigenvalue weighted by atomic mass is 10.1. The number of thiophene rings is 1. The van der Waals surface area contributed by atoms with Crippen molar-refractivity contribution in [3.05, 3.63) is 39.7 Å². The van der Waals surface area contributed by atoms with E-state index in [0.717, 1.165) is 34.4 Å². The first-order chi connectivity index (χ1) is 16.7. The maximum atomic E-state index is 13.1. The Bertz CT molecular complexity index is 1040. The average molecular weight is 568 g/mol. The molecule has 1 fully saturated rings. The second-order valence-electron chi connectivity index (χ2n) is 8.53. The fourth-order valence-electron chi connectivity index (χ4n) is 3.70. The number of ether oxygens (including phenoxy) is 2. The molecule has 1 aromatic carbocycles. The van der Waals surface area contributed by atoms with Gasteiger partial charge in [-0.15, -0.1) is 0 Å². The monoisotopic (exact) mass is 566 g/mol. The molecular weight excluding hydrogens is 536 g/mol. The zero-order chi connectivity index (χ0) is 25.4. The first-order valence-electron chi connectivity index (χ1n) is 11.4. The average Bonchev–Trinajstić information content (AvgIpc) is 3.20. The first-order valence-corrected chi connectivity index (χ1v) is 13.0. The van der Waals surface area contributed by atoms with Crippen molar-refractivity contribution in [1.82, 2.24) is 10.2 Å². The van der Waals surface area contributed by atoms with Gasteiger partial charge in [0.2, 0.25) is 5.91 Å². The summed E-state index contributed by atoms with van der Waals surface area (Å²) in [6.07, 6.45) is 1.46. The number of nitrogens with zero attached hydrogens (tertiary/aromatic N) is 2. The number of anilines is 2. The van der Waals surface area contributed by atoms with E-state index in [9.17, 15) is 14.4 Å². The van der Waals surface area contributed by atoms with Gasteiger partial charge >= 0.3 is 6.09 Å². The number of carbonyl (C=O) groups is 3. The van der Waals surface area contributed by atoms with E-state index in [1.807, 2.05) is 33.2 Å². The fraction of sp³-hybridized carbons (Fsp3) is 0.458. The Morgan fingerprint density at radius 1 is 1.26 bits per heavy atom. The highest BCUT2D eigenvalue weighted by atomic mass is 79.9. The number of hydrogen-bond acceptors (Lipinski definition) is 7. The maximum Gasteiger partial charge on any atom is 0.414 e. The second-order valence-corrected chi connectivity index (χ2v) is 11.0. The molecule has 190 valence electrons. The first kappa shape index (κ1) is 27.1. The zero-order valence-corrected chi connectivity index (χ0v) is 22.5. The van der Waals surface area contributed by atoms with Crippen LogP contribution in [0.25, 0.3) is 0 Å². The van der Waals surface area contributed by atoms with Gasteiger partial charge in [0.15, 0.2) is 5.06 Å². The van der Waals surface area contributed by atoms with Crippen LogP contribution >= 0.6 is 27.3 Å². The summed E-state index contributed by atoms with van der Waals surface area (Å²) in [6, 6.07) is 8.11. The molecule has 0 saturated carbocycles. The van der Waals surface area contributed by atoms with Gasteiger partial charge in [0.1, 0.15) is 12.6 Å². The van der Waals surface area contributed by atoms with E-state index >= 15 is 0 Å². The Labute approximate surface area is 217 Å². The van der Waals surface area contributed by atoms with Crippen molar-refractivity contribution >= 4 is 56.5 Å². The molecule has 3 amide bonds. The van der Waals surface area contributed by atoms with Gasteiger partial charge in [-0.05, 0) is 98.7 Å². The van der Waals surface area contributed by atoms with Crippen molar-refractivity contribution in [2.24, 2.45) is 0 Å². The van der Waals surface area contributed by atoms with Crippen LogP contribution in [0.1, 0.15) is 24.8 Å². The number of amides is 3. The molecule has 0 aliphatic carbocycles. The van der Waals surface area contributed by atoms with Gasteiger partial charge in [0.25, 0.3) is 5.91 Å². The van der Waals surface area contributed by atoms with Gasteiger partial charge in [0, 0.05) is 17.9 Å². The summed E-state index contributed by atoms with van der Waals surface area (Å²) in [6.45, 7) is 3.83. The highest BCUT2D eigenvalue weighted by Crippen LogP contribution is 2.29. The molecule has 1 aliphatic heterocycles. The number of halogens is 1. The molecule has 1 saturated heterocycles. The van der Waals surface area contributed by atoms with Crippen molar-refractivity contribution in [3.63, 3.8) is 0 Å². The van der Waals surface area contributed by atoms with Crippen LogP contribution in [0.3, 0.4) is 0 Å². The molecule has 1 aromatic heterocycles. The second kappa shape index (κ2) is 13.0. The number of nitrogens with one attached hydrogen (secondary N) is 2. The summed E-state index contributed by atoms with van der Waals surface area (Å²) < 4.78 is 11.4. The van der Waals surface area contributed by atoms with Gasteiger partial charge in [-0.1, -0.05) is 11.3 Å². The molecule has 2 N–H and O–H groups in total. The quantitative estimate of drug-likeness (QED) is 0.421. The van der Waals surface area contributed by atoms with Crippen LogP contribution in [0.15, 0.2) is 34.1 Å². The lowest BCUT2D eigenvalue weighted by molar-refractivity contribution is -0.125. The van der Waals surface area contributed by atoms with Crippen molar-refractivity contribution in [2.75, 3.05) is 50.6 Å². The number of aryl methyl sites for hydroxylation is 1. The summed E-state index contributed by atoms with van der Waals surface area (Å²) in [5.41, 5.74) is 2.24. The SMILES string of the molecule is Cc1cc(NC(=O)C(CCCCN(C)C)NC(=O)Oc2ccc(Br)s2)ccc1N1CCOCC1=O. The summed E-state index contributed by atoms with van der Waals surface area (Å²) in [5, 5.41) is 6.03. The summed E-state index contributed by atoms with van der Waals surface area (Å²) >= 11 is 4.62. The van der Waals surface area contributed by atoms with Crippen LogP contribution < -0.4 is 20.3 Å². The number of hydrogen-bond donors (Lipinski definition) is 2. The lowest BCUT2D eigenvalue weighted by Crippen LogP contribution is -2.45.